The van der Waals surface area contributed by atoms with Crippen LogP contribution in [0.1, 0.15) is 50.7 Å². The molecule has 2 rings (SSSR count). The van der Waals surface area contributed by atoms with E-state index in [0.29, 0.717) is 0 Å². The number of hydrogen-bond acceptors (Lipinski definition) is 2. The van der Waals surface area contributed by atoms with E-state index in [2.05, 4.69) is 38.1 Å². The Morgan fingerprint density at radius 2 is 1.72 bits per heavy atom. The minimum Gasteiger partial charge on any atom is -0.374 e. The molecule has 2 N–H and O–H groups in total. The Labute approximate surface area is 111 Å². The zero-order valence-electron chi connectivity index (χ0n) is 11.8. The Hall–Kier alpha value is -0.860. The van der Waals surface area contributed by atoms with Crippen LogP contribution in [0, 0.1) is 0 Å². The van der Waals surface area contributed by atoms with Gasteiger partial charge in [-0.05, 0) is 37.8 Å². The number of ether oxygens (including phenoxy) is 1. The molecule has 2 heteroatoms. The second-order valence-corrected chi connectivity index (χ2v) is 5.98. The summed E-state index contributed by atoms with van der Waals surface area (Å²) in [4.78, 5) is 0. The monoisotopic (exact) mass is 247 g/mol. The summed E-state index contributed by atoms with van der Waals surface area (Å²) in [5, 5.41) is 0. The lowest BCUT2D eigenvalue weighted by molar-refractivity contribution is 0.0192. The van der Waals surface area contributed by atoms with E-state index >= 15 is 0 Å². The van der Waals surface area contributed by atoms with Gasteiger partial charge in [-0.15, -0.1) is 0 Å². The van der Waals surface area contributed by atoms with Crippen LogP contribution >= 0.6 is 0 Å². The number of hydrogen-bond donors (Lipinski definition) is 1. The van der Waals surface area contributed by atoms with Crippen LogP contribution in [0.25, 0.3) is 0 Å². The van der Waals surface area contributed by atoms with Gasteiger partial charge in [-0.25, -0.2) is 0 Å². The molecule has 0 bridgehead atoms. The van der Waals surface area contributed by atoms with Crippen molar-refractivity contribution in [2.24, 2.45) is 5.73 Å². The van der Waals surface area contributed by atoms with Gasteiger partial charge in [0.1, 0.15) is 0 Å². The molecule has 1 saturated carbocycles. The van der Waals surface area contributed by atoms with Gasteiger partial charge in [-0.2, -0.15) is 0 Å². The smallest absolute Gasteiger partial charge is 0.0871 e. The summed E-state index contributed by atoms with van der Waals surface area (Å²) in [6.45, 7) is 4.95. The fourth-order valence-electron chi connectivity index (χ4n) is 3.01. The number of rotatable bonds is 4. The van der Waals surface area contributed by atoms with E-state index in [1.807, 2.05) is 0 Å². The highest BCUT2D eigenvalue weighted by Gasteiger charge is 2.34. The number of methoxy groups -OCH3 is 1. The highest BCUT2D eigenvalue weighted by atomic mass is 16.5. The molecular formula is C16H25NO. The van der Waals surface area contributed by atoms with Crippen LogP contribution in [0.4, 0.5) is 0 Å². The molecule has 18 heavy (non-hydrogen) atoms. The molecule has 0 spiro atoms. The van der Waals surface area contributed by atoms with Gasteiger partial charge in [0.05, 0.1) is 5.60 Å². The predicted molar refractivity (Wildman–Crippen MR) is 75.7 cm³/mol. The van der Waals surface area contributed by atoms with Crippen molar-refractivity contribution in [3.05, 3.63) is 35.4 Å². The maximum absolute atomic E-state index is 6.03. The third kappa shape index (κ3) is 2.32. The first-order valence-electron chi connectivity index (χ1n) is 6.90. The Morgan fingerprint density at radius 1 is 1.17 bits per heavy atom. The first-order valence-corrected chi connectivity index (χ1v) is 6.90. The second-order valence-electron chi connectivity index (χ2n) is 5.98. The summed E-state index contributed by atoms with van der Waals surface area (Å²) in [5.74, 6) is 0. The van der Waals surface area contributed by atoms with Crippen molar-refractivity contribution in [2.45, 2.75) is 50.5 Å². The summed E-state index contributed by atoms with van der Waals surface area (Å²) in [7, 11) is 1.76. The predicted octanol–water partition coefficient (Wildman–Crippen LogP) is 3.34. The molecule has 2 nitrogen and oxygen atoms in total. The SMILES string of the molecule is COC(C)(C)c1ccc(C2(CN)CCCC2)cc1. The van der Waals surface area contributed by atoms with Crippen molar-refractivity contribution in [3.8, 4) is 0 Å². The molecule has 1 aromatic rings. The lowest BCUT2D eigenvalue weighted by Crippen LogP contribution is -2.32. The van der Waals surface area contributed by atoms with Gasteiger partial charge in [-0.3, -0.25) is 0 Å². The Bertz CT molecular complexity index is 388. The molecule has 1 aliphatic carbocycles. The summed E-state index contributed by atoms with van der Waals surface area (Å²) < 4.78 is 5.52. The van der Waals surface area contributed by atoms with Crippen molar-refractivity contribution in [3.63, 3.8) is 0 Å². The Morgan fingerprint density at radius 3 is 2.17 bits per heavy atom. The fourth-order valence-corrected chi connectivity index (χ4v) is 3.01. The van der Waals surface area contributed by atoms with Crippen molar-refractivity contribution in [1.29, 1.82) is 0 Å². The fraction of sp³-hybridized carbons (Fsp3) is 0.625. The van der Waals surface area contributed by atoms with E-state index in [-0.39, 0.29) is 11.0 Å². The number of benzene rings is 1. The molecule has 0 unspecified atom stereocenters. The van der Waals surface area contributed by atoms with Gasteiger partial charge < -0.3 is 10.5 Å². The maximum atomic E-state index is 6.03. The molecule has 0 amide bonds. The van der Waals surface area contributed by atoms with Crippen LogP contribution < -0.4 is 5.73 Å². The van der Waals surface area contributed by atoms with E-state index < -0.39 is 0 Å². The molecule has 0 atom stereocenters. The topological polar surface area (TPSA) is 35.2 Å². The van der Waals surface area contributed by atoms with E-state index in [1.54, 1.807) is 7.11 Å². The van der Waals surface area contributed by atoms with Gasteiger partial charge in [0.2, 0.25) is 0 Å². The minimum atomic E-state index is -0.218. The van der Waals surface area contributed by atoms with E-state index in [1.165, 1.54) is 36.8 Å². The third-order valence-electron chi connectivity index (χ3n) is 4.65. The zero-order valence-corrected chi connectivity index (χ0v) is 11.8. The summed E-state index contributed by atoms with van der Waals surface area (Å²) in [6.07, 6.45) is 5.08. The normalized spacial score (nSPS) is 19.1. The molecule has 1 aromatic carbocycles. The Balaban J connectivity index is 2.27. The average molecular weight is 247 g/mol. The van der Waals surface area contributed by atoms with E-state index in [0.717, 1.165) is 6.54 Å². The van der Waals surface area contributed by atoms with Crippen LogP contribution in [0.5, 0.6) is 0 Å². The molecule has 0 heterocycles. The largest absolute Gasteiger partial charge is 0.374 e. The first kappa shape index (κ1) is 13.6. The Kier molecular flexibility index (Phi) is 3.79. The lowest BCUT2D eigenvalue weighted by Gasteiger charge is -2.29. The van der Waals surface area contributed by atoms with Gasteiger partial charge in [0.15, 0.2) is 0 Å². The minimum absolute atomic E-state index is 0.218. The van der Waals surface area contributed by atoms with Gasteiger partial charge in [-0.1, -0.05) is 37.1 Å². The van der Waals surface area contributed by atoms with Gasteiger partial charge >= 0.3 is 0 Å². The third-order valence-corrected chi connectivity index (χ3v) is 4.65. The molecule has 0 aliphatic heterocycles. The molecule has 0 aromatic heterocycles. The molecule has 100 valence electrons. The van der Waals surface area contributed by atoms with E-state index in [9.17, 15) is 0 Å². The van der Waals surface area contributed by atoms with Crippen molar-refractivity contribution in [2.75, 3.05) is 13.7 Å². The highest BCUT2D eigenvalue weighted by Crippen LogP contribution is 2.40. The summed E-state index contributed by atoms with van der Waals surface area (Å²) in [6, 6.07) is 8.87. The summed E-state index contributed by atoms with van der Waals surface area (Å²) in [5.41, 5.74) is 8.66. The van der Waals surface area contributed by atoms with Crippen LogP contribution in [0.3, 0.4) is 0 Å². The van der Waals surface area contributed by atoms with Crippen molar-refractivity contribution < 1.29 is 4.74 Å². The van der Waals surface area contributed by atoms with E-state index in [4.69, 9.17) is 10.5 Å². The average Bonchev–Trinajstić information content (AvgIpc) is 2.89. The highest BCUT2D eigenvalue weighted by molar-refractivity contribution is 5.32. The number of nitrogens with two attached hydrogens (primary N) is 1. The van der Waals surface area contributed by atoms with Crippen LogP contribution in [0.15, 0.2) is 24.3 Å². The molecule has 0 radical (unpaired) electrons. The second kappa shape index (κ2) is 5.02. The maximum Gasteiger partial charge on any atom is 0.0871 e. The van der Waals surface area contributed by atoms with Gasteiger partial charge in [0.25, 0.3) is 0 Å². The quantitative estimate of drug-likeness (QED) is 0.885. The van der Waals surface area contributed by atoms with Crippen molar-refractivity contribution in [1.82, 2.24) is 0 Å². The molecular weight excluding hydrogens is 222 g/mol. The standard InChI is InChI=1S/C16H25NO/c1-15(2,18-3)13-6-8-14(9-7-13)16(12-17)10-4-5-11-16/h6-9H,4-5,10-12,17H2,1-3H3. The molecule has 0 saturated heterocycles. The van der Waals surface area contributed by atoms with Crippen LogP contribution in [-0.2, 0) is 15.8 Å². The van der Waals surface area contributed by atoms with Crippen LogP contribution in [-0.4, -0.2) is 13.7 Å². The van der Waals surface area contributed by atoms with Gasteiger partial charge in [0, 0.05) is 19.1 Å². The molecule has 1 aliphatic rings. The molecule has 1 fully saturated rings. The summed E-state index contributed by atoms with van der Waals surface area (Å²) >= 11 is 0. The van der Waals surface area contributed by atoms with Crippen molar-refractivity contribution >= 4 is 0 Å². The zero-order chi connectivity index (χ0) is 13.2. The first-order chi connectivity index (χ1) is 8.54. The van der Waals surface area contributed by atoms with Crippen LogP contribution in [0.2, 0.25) is 0 Å². The lowest BCUT2D eigenvalue weighted by atomic mass is 9.78.